The van der Waals surface area contributed by atoms with Crippen molar-refractivity contribution in [2.75, 3.05) is 20.1 Å². The SMILES string of the molecule is CNC1CCCN(C(=O)Cn2c(C)nc3ccccc32)C1.Cl.Cl. The number of carbonyl (C=O) groups is 1. The number of aryl methyl sites for hydroxylation is 1. The molecule has 5 nitrogen and oxygen atoms in total. The number of amides is 1. The van der Waals surface area contributed by atoms with Crippen LogP contribution in [-0.2, 0) is 11.3 Å². The van der Waals surface area contributed by atoms with Gasteiger partial charge in [-0.1, -0.05) is 12.1 Å². The van der Waals surface area contributed by atoms with E-state index >= 15 is 0 Å². The van der Waals surface area contributed by atoms with Gasteiger partial charge in [0.2, 0.25) is 5.91 Å². The fourth-order valence-corrected chi connectivity index (χ4v) is 3.07. The molecule has 0 bridgehead atoms. The Hall–Kier alpha value is -1.30. The maximum atomic E-state index is 12.6. The van der Waals surface area contributed by atoms with Crippen LogP contribution in [0.4, 0.5) is 0 Å². The molecule has 2 heterocycles. The van der Waals surface area contributed by atoms with Crippen molar-refractivity contribution in [1.82, 2.24) is 19.8 Å². The van der Waals surface area contributed by atoms with Gasteiger partial charge in [-0.05, 0) is 38.9 Å². The Morgan fingerprint density at radius 3 is 2.83 bits per heavy atom. The number of likely N-dealkylation sites (tertiary alicyclic amines) is 1. The first-order valence-corrected chi connectivity index (χ1v) is 7.56. The molecule has 0 spiro atoms. The summed E-state index contributed by atoms with van der Waals surface area (Å²) in [6.45, 7) is 4.01. The van der Waals surface area contributed by atoms with E-state index in [4.69, 9.17) is 0 Å². The van der Waals surface area contributed by atoms with E-state index in [-0.39, 0.29) is 30.7 Å². The van der Waals surface area contributed by atoms with Crippen molar-refractivity contribution in [1.29, 1.82) is 0 Å². The largest absolute Gasteiger partial charge is 0.340 e. The lowest BCUT2D eigenvalue weighted by Gasteiger charge is -2.32. The number of aromatic nitrogens is 2. The molecule has 0 saturated carbocycles. The van der Waals surface area contributed by atoms with Crippen molar-refractivity contribution < 1.29 is 4.79 Å². The molecule has 2 aromatic rings. The highest BCUT2D eigenvalue weighted by Crippen LogP contribution is 2.17. The van der Waals surface area contributed by atoms with E-state index in [1.807, 2.05) is 47.7 Å². The summed E-state index contributed by atoms with van der Waals surface area (Å²) in [5, 5.41) is 3.28. The van der Waals surface area contributed by atoms with Crippen LogP contribution in [0.15, 0.2) is 24.3 Å². The number of hydrogen-bond acceptors (Lipinski definition) is 3. The van der Waals surface area contributed by atoms with Crippen LogP contribution in [0.3, 0.4) is 0 Å². The zero-order valence-corrected chi connectivity index (χ0v) is 15.1. The Bertz CT molecular complexity index is 659. The van der Waals surface area contributed by atoms with Crippen LogP contribution in [0.2, 0.25) is 0 Å². The number of nitrogens with one attached hydrogen (secondary N) is 1. The van der Waals surface area contributed by atoms with Crippen LogP contribution in [0, 0.1) is 6.92 Å². The topological polar surface area (TPSA) is 50.2 Å². The number of hydrogen-bond donors (Lipinski definition) is 1. The average Bonchev–Trinajstić information content (AvgIpc) is 2.83. The number of piperidine rings is 1. The van der Waals surface area contributed by atoms with E-state index < -0.39 is 0 Å². The van der Waals surface area contributed by atoms with Crippen LogP contribution >= 0.6 is 24.8 Å². The Balaban J connectivity index is 0.00000132. The number of imidazole rings is 1. The van der Waals surface area contributed by atoms with Crippen molar-refractivity contribution in [3.05, 3.63) is 30.1 Å². The molecule has 7 heteroatoms. The van der Waals surface area contributed by atoms with Gasteiger partial charge in [0.15, 0.2) is 0 Å². The zero-order valence-electron chi connectivity index (χ0n) is 13.5. The molecule has 23 heavy (non-hydrogen) atoms. The molecular weight excluding hydrogens is 335 g/mol. The van der Waals surface area contributed by atoms with Crippen molar-refractivity contribution >= 4 is 41.8 Å². The van der Waals surface area contributed by atoms with Gasteiger partial charge in [-0.25, -0.2) is 4.98 Å². The minimum atomic E-state index is 0. The van der Waals surface area contributed by atoms with Gasteiger partial charge >= 0.3 is 0 Å². The summed E-state index contributed by atoms with van der Waals surface area (Å²) in [6, 6.07) is 8.39. The first-order chi connectivity index (χ1) is 10.2. The van der Waals surface area contributed by atoms with Gasteiger partial charge in [0.05, 0.1) is 11.0 Å². The summed E-state index contributed by atoms with van der Waals surface area (Å²) in [5.74, 6) is 1.08. The standard InChI is InChI=1S/C16H22N4O.2ClH/c1-12-18-14-7-3-4-8-15(14)20(12)11-16(21)19-9-5-6-13(10-19)17-2;;/h3-4,7-8,13,17H,5-6,9-11H2,1-2H3;2*1H. The number of fused-ring (bicyclic) bond motifs is 1. The molecule has 0 radical (unpaired) electrons. The Morgan fingerprint density at radius 1 is 1.35 bits per heavy atom. The summed E-state index contributed by atoms with van der Waals surface area (Å²) < 4.78 is 2.01. The smallest absolute Gasteiger partial charge is 0.242 e. The van der Waals surface area contributed by atoms with Crippen molar-refractivity contribution in [2.45, 2.75) is 32.4 Å². The van der Waals surface area contributed by atoms with Gasteiger partial charge in [-0.3, -0.25) is 4.79 Å². The number of rotatable bonds is 3. The van der Waals surface area contributed by atoms with E-state index in [2.05, 4.69) is 10.3 Å². The van der Waals surface area contributed by atoms with E-state index in [0.717, 1.165) is 42.8 Å². The summed E-state index contributed by atoms with van der Waals surface area (Å²) >= 11 is 0. The molecule has 1 N–H and O–H groups in total. The first-order valence-electron chi connectivity index (χ1n) is 7.56. The number of para-hydroxylation sites is 2. The molecular formula is C16H24Cl2N4O. The molecule has 1 unspecified atom stereocenters. The number of benzene rings is 1. The molecule has 1 aromatic carbocycles. The normalized spacial score (nSPS) is 17.5. The predicted molar refractivity (Wildman–Crippen MR) is 97.6 cm³/mol. The second-order valence-electron chi connectivity index (χ2n) is 5.70. The number of nitrogens with zero attached hydrogens (tertiary/aromatic N) is 3. The second kappa shape index (κ2) is 8.52. The lowest BCUT2D eigenvalue weighted by Crippen LogP contribution is -2.47. The van der Waals surface area contributed by atoms with Crippen molar-refractivity contribution in [3.8, 4) is 0 Å². The van der Waals surface area contributed by atoms with E-state index in [1.54, 1.807) is 0 Å². The van der Waals surface area contributed by atoms with Crippen LogP contribution < -0.4 is 5.32 Å². The summed E-state index contributed by atoms with van der Waals surface area (Å²) in [5.41, 5.74) is 1.99. The van der Waals surface area contributed by atoms with Crippen molar-refractivity contribution in [3.63, 3.8) is 0 Å². The molecule has 3 rings (SSSR count). The Kier molecular flexibility index (Phi) is 7.32. The second-order valence-corrected chi connectivity index (χ2v) is 5.70. The quantitative estimate of drug-likeness (QED) is 0.916. The molecule has 1 amide bonds. The van der Waals surface area contributed by atoms with Gasteiger partial charge in [0.1, 0.15) is 12.4 Å². The highest BCUT2D eigenvalue weighted by Gasteiger charge is 2.23. The van der Waals surface area contributed by atoms with Crippen LogP contribution in [0.5, 0.6) is 0 Å². The minimum Gasteiger partial charge on any atom is -0.340 e. The fraction of sp³-hybridized carbons (Fsp3) is 0.500. The highest BCUT2D eigenvalue weighted by atomic mass is 35.5. The van der Waals surface area contributed by atoms with Crippen molar-refractivity contribution in [2.24, 2.45) is 0 Å². The third-order valence-corrected chi connectivity index (χ3v) is 4.32. The molecule has 1 atom stereocenters. The summed E-state index contributed by atoms with van der Waals surface area (Å²) in [4.78, 5) is 19.1. The zero-order chi connectivity index (χ0) is 14.8. The predicted octanol–water partition coefficient (Wildman–Crippen LogP) is 2.40. The third kappa shape index (κ3) is 4.16. The van der Waals surface area contributed by atoms with Gasteiger partial charge in [0.25, 0.3) is 0 Å². The molecule has 1 aliphatic rings. The Morgan fingerprint density at radius 2 is 2.09 bits per heavy atom. The lowest BCUT2D eigenvalue weighted by molar-refractivity contribution is -0.133. The van der Waals surface area contributed by atoms with Crippen LogP contribution in [0.25, 0.3) is 11.0 Å². The molecule has 128 valence electrons. The number of carbonyl (C=O) groups excluding carboxylic acids is 1. The highest BCUT2D eigenvalue weighted by molar-refractivity contribution is 5.85. The van der Waals surface area contributed by atoms with Gasteiger partial charge in [-0.15, -0.1) is 24.8 Å². The van der Waals surface area contributed by atoms with Gasteiger partial charge < -0.3 is 14.8 Å². The molecule has 1 fully saturated rings. The fourth-order valence-electron chi connectivity index (χ4n) is 3.07. The van der Waals surface area contributed by atoms with Crippen LogP contribution in [-0.4, -0.2) is 46.5 Å². The van der Waals surface area contributed by atoms with E-state index in [9.17, 15) is 4.79 Å². The molecule has 1 aromatic heterocycles. The Labute approximate surface area is 149 Å². The van der Waals surface area contributed by atoms with Crippen LogP contribution in [0.1, 0.15) is 18.7 Å². The minimum absolute atomic E-state index is 0. The molecule has 1 saturated heterocycles. The average molecular weight is 359 g/mol. The number of likely N-dealkylation sites (N-methyl/N-ethyl adjacent to an activating group) is 1. The first kappa shape index (κ1) is 19.7. The monoisotopic (exact) mass is 358 g/mol. The maximum Gasteiger partial charge on any atom is 0.242 e. The summed E-state index contributed by atoms with van der Waals surface area (Å²) in [6.07, 6.45) is 2.22. The molecule has 0 aliphatic carbocycles. The van der Waals surface area contributed by atoms with Gasteiger partial charge in [0, 0.05) is 19.1 Å². The van der Waals surface area contributed by atoms with E-state index in [1.165, 1.54) is 0 Å². The van der Waals surface area contributed by atoms with E-state index in [0.29, 0.717) is 12.6 Å². The maximum absolute atomic E-state index is 12.6. The van der Waals surface area contributed by atoms with Gasteiger partial charge in [-0.2, -0.15) is 0 Å². The summed E-state index contributed by atoms with van der Waals surface area (Å²) in [7, 11) is 1.96. The third-order valence-electron chi connectivity index (χ3n) is 4.32. The molecule has 1 aliphatic heterocycles. The number of halogens is 2. The lowest BCUT2D eigenvalue weighted by atomic mass is 10.1.